The number of carbonyl (C=O) groups is 1. The van der Waals surface area contributed by atoms with Gasteiger partial charge in [-0.3, -0.25) is 5.32 Å². The van der Waals surface area contributed by atoms with E-state index in [1.54, 1.807) is 43.5 Å². The molecule has 10 nitrogen and oxygen atoms in total. The number of imidazole rings is 1. The standard InChI is InChI=1S/C26H27N5O5S/c1-35-19-8-4-7-18(14-19)28-26(32)31-25-29-22-11-10-20(15-23(22)30-25)36-37(33,34)24-12-9-17(13-21(24)27)16-5-2-3-6-16/h4,7-16H,2-3,5-6,27H2,1H3,(H3,28,29,30,31,32). The van der Waals surface area contributed by atoms with Gasteiger partial charge in [-0.05, 0) is 60.7 Å². The van der Waals surface area contributed by atoms with Crippen LogP contribution in [-0.2, 0) is 10.1 Å². The van der Waals surface area contributed by atoms with E-state index in [1.807, 2.05) is 6.07 Å². The number of nitrogens with one attached hydrogen (secondary N) is 3. The van der Waals surface area contributed by atoms with Crippen molar-refractivity contribution >= 4 is 44.5 Å². The minimum absolute atomic E-state index is 0.0736. The van der Waals surface area contributed by atoms with Gasteiger partial charge in [0.15, 0.2) is 0 Å². The largest absolute Gasteiger partial charge is 0.497 e. The Bertz CT molecular complexity index is 1560. The topological polar surface area (TPSA) is 148 Å². The van der Waals surface area contributed by atoms with Crippen LogP contribution < -0.4 is 25.3 Å². The summed E-state index contributed by atoms with van der Waals surface area (Å²) < 4.78 is 36.4. The number of hydrogen-bond acceptors (Lipinski definition) is 7. The van der Waals surface area contributed by atoms with Gasteiger partial charge in [0, 0.05) is 17.8 Å². The van der Waals surface area contributed by atoms with Crippen LogP contribution >= 0.6 is 0 Å². The van der Waals surface area contributed by atoms with E-state index in [2.05, 4.69) is 20.6 Å². The fourth-order valence-electron chi connectivity index (χ4n) is 4.55. The first-order valence-corrected chi connectivity index (χ1v) is 13.3. The Morgan fingerprint density at radius 3 is 2.59 bits per heavy atom. The summed E-state index contributed by atoms with van der Waals surface area (Å²) in [5.41, 5.74) is 8.88. The number of methoxy groups -OCH3 is 1. The molecule has 4 aromatic rings. The maximum Gasteiger partial charge on any atom is 0.341 e. The van der Waals surface area contributed by atoms with Crippen LogP contribution in [0.15, 0.2) is 65.6 Å². The number of aromatic amines is 1. The van der Waals surface area contributed by atoms with Gasteiger partial charge in [-0.15, -0.1) is 0 Å². The average molecular weight is 522 g/mol. The zero-order valence-electron chi connectivity index (χ0n) is 20.2. The van der Waals surface area contributed by atoms with Gasteiger partial charge in [-0.1, -0.05) is 25.0 Å². The number of nitrogen functional groups attached to an aromatic ring is 1. The average Bonchev–Trinajstić information content (AvgIpc) is 3.53. The molecule has 1 heterocycles. The van der Waals surface area contributed by atoms with Crippen LogP contribution in [0.1, 0.15) is 37.2 Å². The second-order valence-corrected chi connectivity index (χ2v) is 10.4. The number of urea groups is 1. The Kier molecular flexibility index (Phi) is 6.62. The van der Waals surface area contributed by atoms with Crippen LogP contribution in [0, 0.1) is 0 Å². The first-order chi connectivity index (χ1) is 17.8. The van der Waals surface area contributed by atoms with Crippen molar-refractivity contribution in [1.82, 2.24) is 9.97 Å². The molecule has 0 radical (unpaired) electrons. The molecule has 0 bridgehead atoms. The van der Waals surface area contributed by atoms with E-state index in [0.29, 0.717) is 28.4 Å². The molecule has 37 heavy (non-hydrogen) atoms. The molecule has 0 unspecified atom stereocenters. The fourth-order valence-corrected chi connectivity index (χ4v) is 5.58. The monoisotopic (exact) mass is 521 g/mol. The molecule has 0 saturated heterocycles. The zero-order valence-corrected chi connectivity index (χ0v) is 21.0. The molecular weight excluding hydrogens is 494 g/mol. The predicted octanol–water partition coefficient (Wildman–Crippen LogP) is 5.22. The van der Waals surface area contributed by atoms with Crippen LogP contribution in [0.5, 0.6) is 11.5 Å². The van der Waals surface area contributed by atoms with E-state index in [1.165, 1.54) is 31.0 Å². The highest BCUT2D eigenvalue weighted by atomic mass is 32.2. The van der Waals surface area contributed by atoms with Gasteiger partial charge in [-0.2, -0.15) is 8.42 Å². The lowest BCUT2D eigenvalue weighted by Crippen LogP contribution is -2.20. The molecule has 1 fully saturated rings. The predicted molar refractivity (Wildman–Crippen MR) is 142 cm³/mol. The van der Waals surface area contributed by atoms with Gasteiger partial charge >= 0.3 is 16.1 Å². The number of aromatic nitrogens is 2. The summed E-state index contributed by atoms with van der Waals surface area (Å²) in [6.45, 7) is 0. The van der Waals surface area contributed by atoms with E-state index >= 15 is 0 Å². The second-order valence-electron chi connectivity index (χ2n) is 8.89. The molecule has 0 aliphatic heterocycles. The summed E-state index contributed by atoms with van der Waals surface area (Å²) in [6, 6.07) is 16.0. The Morgan fingerprint density at radius 1 is 1.03 bits per heavy atom. The van der Waals surface area contributed by atoms with Crippen molar-refractivity contribution in [3.8, 4) is 11.5 Å². The summed E-state index contributed by atoms with van der Waals surface area (Å²) in [5.74, 6) is 1.30. The summed E-state index contributed by atoms with van der Waals surface area (Å²) >= 11 is 0. The fraction of sp³-hybridized carbons (Fsp3) is 0.231. The van der Waals surface area contributed by atoms with Crippen LogP contribution in [0.4, 0.5) is 22.1 Å². The molecule has 11 heteroatoms. The SMILES string of the molecule is COc1cccc(NC(=O)Nc2nc3ccc(OS(=O)(=O)c4ccc(C5CCCC5)cc4N)cc3[nH]2)c1. The highest BCUT2D eigenvalue weighted by molar-refractivity contribution is 7.87. The number of fused-ring (bicyclic) bond motifs is 1. The van der Waals surface area contributed by atoms with Crippen LogP contribution in [-0.4, -0.2) is 31.5 Å². The highest BCUT2D eigenvalue weighted by Crippen LogP contribution is 2.36. The molecule has 1 aliphatic carbocycles. The molecule has 192 valence electrons. The lowest BCUT2D eigenvalue weighted by atomic mass is 9.97. The Hall–Kier alpha value is -4.25. The number of nitrogens with zero attached hydrogens (tertiary/aromatic N) is 1. The van der Waals surface area contributed by atoms with Crippen LogP contribution in [0.3, 0.4) is 0 Å². The third-order valence-corrected chi connectivity index (χ3v) is 7.67. The van der Waals surface area contributed by atoms with Crippen LogP contribution in [0.25, 0.3) is 11.0 Å². The summed E-state index contributed by atoms with van der Waals surface area (Å²) in [5, 5.41) is 5.30. The molecule has 2 amide bonds. The quantitative estimate of drug-likeness (QED) is 0.192. The van der Waals surface area contributed by atoms with Crippen LogP contribution in [0.2, 0.25) is 0 Å². The van der Waals surface area contributed by atoms with Crippen molar-refractivity contribution in [2.75, 3.05) is 23.5 Å². The molecular formula is C26H27N5O5S. The number of carbonyl (C=O) groups excluding carboxylic acids is 1. The van der Waals surface area contributed by atoms with Crippen molar-refractivity contribution in [1.29, 1.82) is 0 Å². The van der Waals surface area contributed by atoms with Gasteiger partial charge in [0.2, 0.25) is 5.95 Å². The van der Waals surface area contributed by atoms with Crippen molar-refractivity contribution in [3.63, 3.8) is 0 Å². The first-order valence-electron chi connectivity index (χ1n) is 11.9. The molecule has 0 atom stereocenters. The highest BCUT2D eigenvalue weighted by Gasteiger charge is 2.23. The molecule has 0 spiro atoms. The second kappa shape index (κ2) is 10.0. The maximum atomic E-state index is 13.0. The lowest BCUT2D eigenvalue weighted by Gasteiger charge is -2.13. The van der Waals surface area contributed by atoms with Crippen molar-refractivity contribution < 1.29 is 22.1 Å². The number of benzene rings is 3. The van der Waals surface area contributed by atoms with Gasteiger partial charge in [0.25, 0.3) is 0 Å². The van der Waals surface area contributed by atoms with Crippen molar-refractivity contribution in [2.24, 2.45) is 0 Å². The number of anilines is 3. The van der Waals surface area contributed by atoms with E-state index < -0.39 is 16.1 Å². The van der Waals surface area contributed by atoms with Crippen molar-refractivity contribution in [3.05, 3.63) is 66.2 Å². The number of H-pyrrole nitrogens is 1. The third-order valence-electron chi connectivity index (χ3n) is 6.35. The molecule has 5 rings (SSSR count). The molecule has 5 N–H and O–H groups in total. The molecule has 1 aliphatic rings. The van der Waals surface area contributed by atoms with Gasteiger partial charge in [0.05, 0.1) is 23.8 Å². The molecule has 1 aromatic heterocycles. The lowest BCUT2D eigenvalue weighted by molar-refractivity contribution is 0.262. The number of hydrogen-bond donors (Lipinski definition) is 4. The number of rotatable bonds is 7. The van der Waals surface area contributed by atoms with E-state index in [4.69, 9.17) is 14.7 Å². The number of ether oxygens (including phenoxy) is 1. The first kappa shape index (κ1) is 24.4. The summed E-state index contributed by atoms with van der Waals surface area (Å²) in [4.78, 5) is 19.5. The third kappa shape index (κ3) is 5.46. The van der Waals surface area contributed by atoms with Gasteiger partial charge < -0.3 is 25.0 Å². The number of amides is 2. The minimum atomic E-state index is -4.15. The van der Waals surface area contributed by atoms with Gasteiger partial charge in [0.1, 0.15) is 16.4 Å². The minimum Gasteiger partial charge on any atom is -0.497 e. The Balaban J connectivity index is 1.29. The van der Waals surface area contributed by atoms with Gasteiger partial charge in [-0.25, -0.2) is 9.78 Å². The number of nitrogens with two attached hydrogens (primary N) is 1. The molecule has 3 aromatic carbocycles. The Morgan fingerprint density at radius 2 is 1.84 bits per heavy atom. The smallest absolute Gasteiger partial charge is 0.341 e. The van der Waals surface area contributed by atoms with Crippen molar-refractivity contribution in [2.45, 2.75) is 36.5 Å². The summed E-state index contributed by atoms with van der Waals surface area (Å²) in [7, 11) is -2.61. The maximum absolute atomic E-state index is 13.0. The summed E-state index contributed by atoms with van der Waals surface area (Å²) in [6.07, 6.45) is 4.53. The van der Waals surface area contributed by atoms with E-state index in [9.17, 15) is 13.2 Å². The normalized spacial score (nSPS) is 14.0. The zero-order chi connectivity index (χ0) is 26.0. The van der Waals surface area contributed by atoms with E-state index in [-0.39, 0.29) is 22.3 Å². The van der Waals surface area contributed by atoms with E-state index in [0.717, 1.165) is 18.4 Å². The Labute approximate surface area is 214 Å². The molecule has 1 saturated carbocycles.